The fourth-order valence-electron chi connectivity index (χ4n) is 1.60. The molecule has 0 saturated carbocycles. The van der Waals surface area contributed by atoms with Crippen molar-refractivity contribution < 1.29 is 8.78 Å². The van der Waals surface area contributed by atoms with E-state index in [0.717, 1.165) is 30.5 Å². The molecule has 4 heteroatoms. The Hall–Kier alpha value is -0.610. The first-order valence-electron chi connectivity index (χ1n) is 5.94. The van der Waals surface area contributed by atoms with Gasteiger partial charge in [0.05, 0.1) is 0 Å². The van der Waals surface area contributed by atoms with Crippen molar-refractivity contribution >= 4 is 11.8 Å². The van der Waals surface area contributed by atoms with Gasteiger partial charge in [-0.3, -0.25) is 0 Å². The minimum atomic E-state index is -0.509. The molecule has 0 aliphatic carbocycles. The van der Waals surface area contributed by atoms with E-state index in [-0.39, 0.29) is 6.04 Å². The fraction of sp³-hybridized carbons (Fsp3) is 0.538. The van der Waals surface area contributed by atoms with Gasteiger partial charge in [0, 0.05) is 17.9 Å². The van der Waals surface area contributed by atoms with Gasteiger partial charge in [0.1, 0.15) is 11.6 Å². The largest absolute Gasteiger partial charge is 0.309 e. The standard InChI is InChI=1S/C13H19F2NS/c1-3-5-16-13(9-17-4-2)10-6-11(14)8-12(15)7-10/h6-8,13,16H,3-5,9H2,1-2H3. The molecular formula is C13H19F2NS. The molecule has 0 fully saturated rings. The lowest BCUT2D eigenvalue weighted by molar-refractivity contribution is 0.548. The Kier molecular flexibility index (Phi) is 6.52. The molecule has 0 amide bonds. The zero-order valence-electron chi connectivity index (χ0n) is 10.3. The molecule has 0 heterocycles. The van der Waals surface area contributed by atoms with Crippen molar-refractivity contribution in [3.63, 3.8) is 0 Å². The first kappa shape index (κ1) is 14.5. The van der Waals surface area contributed by atoms with Crippen LogP contribution in [-0.4, -0.2) is 18.1 Å². The van der Waals surface area contributed by atoms with Crippen molar-refractivity contribution in [2.75, 3.05) is 18.1 Å². The van der Waals surface area contributed by atoms with Gasteiger partial charge >= 0.3 is 0 Å². The van der Waals surface area contributed by atoms with E-state index in [1.54, 1.807) is 11.8 Å². The van der Waals surface area contributed by atoms with E-state index < -0.39 is 11.6 Å². The molecule has 0 aliphatic heterocycles. The minimum absolute atomic E-state index is 0.0186. The van der Waals surface area contributed by atoms with Gasteiger partial charge in [-0.2, -0.15) is 11.8 Å². The smallest absolute Gasteiger partial charge is 0.126 e. The SMILES string of the molecule is CCCNC(CSCC)c1cc(F)cc(F)c1. The molecule has 1 atom stereocenters. The zero-order chi connectivity index (χ0) is 12.7. The predicted molar refractivity (Wildman–Crippen MR) is 70.4 cm³/mol. The average Bonchev–Trinajstić information content (AvgIpc) is 2.28. The first-order valence-corrected chi connectivity index (χ1v) is 7.10. The summed E-state index contributed by atoms with van der Waals surface area (Å²) in [6.45, 7) is 5.00. The van der Waals surface area contributed by atoms with Gasteiger partial charge in [-0.05, 0) is 36.4 Å². The Morgan fingerprint density at radius 2 is 1.82 bits per heavy atom. The molecule has 1 aromatic rings. The summed E-state index contributed by atoms with van der Waals surface area (Å²) in [5.74, 6) is 0.816. The molecule has 1 aromatic carbocycles. The molecule has 1 rings (SSSR count). The second-order valence-corrected chi connectivity index (χ2v) is 5.19. The summed E-state index contributed by atoms with van der Waals surface area (Å²) >= 11 is 1.77. The van der Waals surface area contributed by atoms with Crippen LogP contribution in [0, 0.1) is 11.6 Å². The number of thioether (sulfide) groups is 1. The van der Waals surface area contributed by atoms with Crippen LogP contribution in [0.3, 0.4) is 0 Å². The normalized spacial score (nSPS) is 12.7. The van der Waals surface area contributed by atoms with E-state index in [1.807, 2.05) is 0 Å². The van der Waals surface area contributed by atoms with Crippen LogP contribution in [-0.2, 0) is 0 Å². The lowest BCUT2D eigenvalue weighted by Gasteiger charge is -2.18. The van der Waals surface area contributed by atoms with Crippen molar-refractivity contribution in [3.8, 4) is 0 Å². The van der Waals surface area contributed by atoms with Crippen molar-refractivity contribution in [3.05, 3.63) is 35.4 Å². The number of halogens is 2. The summed E-state index contributed by atoms with van der Waals surface area (Å²) in [6, 6.07) is 3.75. The Morgan fingerprint density at radius 3 is 2.35 bits per heavy atom. The second-order valence-electron chi connectivity index (χ2n) is 3.87. The fourth-order valence-corrected chi connectivity index (χ4v) is 2.39. The Morgan fingerprint density at radius 1 is 1.18 bits per heavy atom. The molecule has 0 aromatic heterocycles. The van der Waals surface area contributed by atoms with E-state index in [4.69, 9.17) is 0 Å². The highest BCUT2D eigenvalue weighted by atomic mass is 32.2. The molecule has 0 radical (unpaired) electrons. The lowest BCUT2D eigenvalue weighted by Crippen LogP contribution is -2.24. The zero-order valence-corrected chi connectivity index (χ0v) is 11.1. The quantitative estimate of drug-likeness (QED) is 0.800. The molecule has 0 aliphatic rings. The number of nitrogens with one attached hydrogen (secondary N) is 1. The van der Waals surface area contributed by atoms with Crippen LogP contribution >= 0.6 is 11.8 Å². The highest BCUT2D eigenvalue weighted by Gasteiger charge is 2.12. The first-order chi connectivity index (χ1) is 8.17. The molecule has 1 unspecified atom stereocenters. The third kappa shape index (κ3) is 5.04. The number of rotatable bonds is 7. The van der Waals surface area contributed by atoms with Crippen LogP contribution in [0.5, 0.6) is 0 Å². The summed E-state index contributed by atoms with van der Waals surface area (Å²) < 4.78 is 26.3. The van der Waals surface area contributed by atoms with E-state index in [0.29, 0.717) is 5.56 Å². The van der Waals surface area contributed by atoms with Crippen LogP contribution in [0.4, 0.5) is 8.78 Å². The maximum Gasteiger partial charge on any atom is 0.126 e. The van der Waals surface area contributed by atoms with Gasteiger partial charge in [-0.1, -0.05) is 13.8 Å². The van der Waals surface area contributed by atoms with Crippen LogP contribution in [0.25, 0.3) is 0 Å². The summed E-state index contributed by atoms with van der Waals surface area (Å²) in [7, 11) is 0. The summed E-state index contributed by atoms with van der Waals surface area (Å²) in [6.07, 6.45) is 1.01. The number of hydrogen-bond donors (Lipinski definition) is 1. The third-order valence-electron chi connectivity index (χ3n) is 2.42. The third-order valence-corrected chi connectivity index (χ3v) is 3.39. The van der Waals surface area contributed by atoms with Gasteiger partial charge in [-0.15, -0.1) is 0 Å². The maximum atomic E-state index is 13.2. The van der Waals surface area contributed by atoms with Crippen molar-refractivity contribution in [1.29, 1.82) is 0 Å². The van der Waals surface area contributed by atoms with E-state index in [1.165, 1.54) is 12.1 Å². The summed E-state index contributed by atoms with van der Waals surface area (Å²) in [5, 5.41) is 3.32. The highest BCUT2D eigenvalue weighted by molar-refractivity contribution is 7.99. The van der Waals surface area contributed by atoms with Crippen molar-refractivity contribution in [1.82, 2.24) is 5.32 Å². The van der Waals surface area contributed by atoms with Crippen LogP contribution < -0.4 is 5.32 Å². The molecule has 96 valence electrons. The molecular weight excluding hydrogens is 240 g/mol. The molecule has 0 saturated heterocycles. The molecule has 0 spiro atoms. The molecule has 1 N–H and O–H groups in total. The van der Waals surface area contributed by atoms with Crippen molar-refractivity contribution in [2.45, 2.75) is 26.3 Å². The van der Waals surface area contributed by atoms with Gasteiger partial charge in [0.2, 0.25) is 0 Å². The molecule has 17 heavy (non-hydrogen) atoms. The van der Waals surface area contributed by atoms with Gasteiger partial charge in [0.25, 0.3) is 0 Å². The number of benzene rings is 1. The predicted octanol–water partition coefficient (Wildman–Crippen LogP) is 3.76. The Bertz CT molecular complexity index is 316. The summed E-state index contributed by atoms with van der Waals surface area (Å²) in [4.78, 5) is 0. The molecule has 0 bridgehead atoms. The van der Waals surface area contributed by atoms with Gasteiger partial charge < -0.3 is 5.32 Å². The van der Waals surface area contributed by atoms with E-state index in [9.17, 15) is 8.78 Å². The van der Waals surface area contributed by atoms with E-state index >= 15 is 0 Å². The van der Waals surface area contributed by atoms with Crippen LogP contribution in [0.15, 0.2) is 18.2 Å². The van der Waals surface area contributed by atoms with Gasteiger partial charge in [0.15, 0.2) is 0 Å². The summed E-state index contributed by atoms with van der Waals surface area (Å²) in [5.41, 5.74) is 0.692. The van der Waals surface area contributed by atoms with Crippen molar-refractivity contribution in [2.24, 2.45) is 0 Å². The lowest BCUT2D eigenvalue weighted by atomic mass is 10.1. The average molecular weight is 259 g/mol. The second kappa shape index (κ2) is 7.67. The maximum absolute atomic E-state index is 13.2. The Labute approximate surface area is 106 Å². The van der Waals surface area contributed by atoms with Gasteiger partial charge in [-0.25, -0.2) is 8.78 Å². The van der Waals surface area contributed by atoms with E-state index in [2.05, 4.69) is 19.2 Å². The molecule has 1 nitrogen and oxygen atoms in total. The van der Waals surface area contributed by atoms with Crippen LogP contribution in [0.1, 0.15) is 31.9 Å². The number of hydrogen-bond acceptors (Lipinski definition) is 2. The topological polar surface area (TPSA) is 12.0 Å². The van der Waals surface area contributed by atoms with Crippen LogP contribution in [0.2, 0.25) is 0 Å². The Balaban J connectivity index is 2.78. The monoisotopic (exact) mass is 259 g/mol. The highest BCUT2D eigenvalue weighted by Crippen LogP contribution is 2.20. The minimum Gasteiger partial charge on any atom is -0.309 e.